The molecule has 0 saturated heterocycles. The number of hydrogen-bond acceptors (Lipinski definition) is 1. The summed E-state index contributed by atoms with van der Waals surface area (Å²) in [7, 11) is 0. The topological polar surface area (TPSA) is 20.2 Å². The van der Waals surface area contributed by atoms with Crippen molar-refractivity contribution < 1.29 is 5.11 Å². The number of benzene rings is 1. The summed E-state index contributed by atoms with van der Waals surface area (Å²) < 4.78 is 0. The molecule has 1 aromatic carbocycles. The summed E-state index contributed by atoms with van der Waals surface area (Å²) in [6.07, 6.45) is 4.50. The van der Waals surface area contributed by atoms with Crippen LogP contribution in [-0.4, -0.2) is 5.11 Å². The second-order valence-electron chi connectivity index (χ2n) is 3.55. The summed E-state index contributed by atoms with van der Waals surface area (Å²) >= 11 is 5.77. The Kier molecular flexibility index (Phi) is 3.73. The highest BCUT2D eigenvalue weighted by atomic mass is 35.5. The van der Waals surface area contributed by atoms with E-state index in [4.69, 9.17) is 11.6 Å². The molecule has 1 aromatic rings. The third-order valence-electron chi connectivity index (χ3n) is 2.22. The molecule has 1 atom stereocenters. The standard InChI is InChI=1S/C12H15ClO/c1-3-4-9-12(2,14)10-5-7-11(13)8-6-10/h3-8,14H,9H2,1-2H3/b4-3+. The fourth-order valence-electron chi connectivity index (χ4n) is 1.27. The molecule has 0 saturated carbocycles. The zero-order valence-corrected chi connectivity index (χ0v) is 9.25. The van der Waals surface area contributed by atoms with Gasteiger partial charge in [0.2, 0.25) is 0 Å². The van der Waals surface area contributed by atoms with Gasteiger partial charge >= 0.3 is 0 Å². The van der Waals surface area contributed by atoms with Crippen molar-refractivity contribution in [3.63, 3.8) is 0 Å². The molecule has 0 bridgehead atoms. The van der Waals surface area contributed by atoms with Crippen LogP contribution < -0.4 is 0 Å². The zero-order chi connectivity index (χ0) is 10.6. The van der Waals surface area contributed by atoms with Crippen LogP contribution >= 0.6 is 11.6 Å². The van der Waals surface area contributed by atoms with Gasteiger partial charge in [0.15, 0.2) is 0 Å². The maximum absolute atomic E-state index is 10.1. The monoisotopic (exact) mass is 210 g/mol. The van der Waals surface area contributed by atoms with Gasteiger partial charge in [-0.3, -0.25) is 0 Å². The average molecular weight is 211 g/mol. The summed E-state index contributed by atoms with van der Waals surface area (Å²) in [5, 5.41) is 10.8. The molecule has 2 heteroatoms. The van der Waals surface area contributed by atoms with Crippen molar-refractivity contribution in [2.24, 2.45) is 0 Å². The van der Waals surface area contributed by atoms with Gasteiger partial charge < -0.3 is 5.11 Å². The molecule has 1 N–H and O–H groups in total. The molecule has 0 aromatic heterocycles. The lowest BCUT2D eigenvalue weighted by Crippen LogP contribution is -2.19. The molecule has 1 unspecified atom stereocenters. The van der Waals surface area contributed by atoms with Crippen molar-refractivity contribution in [1.82, 2.24) is 0 Å². The van der Waals surface area contributed by atoms with Crippen molar-refractivity contribution in [2.45, 2.75) is 25.9 Å². The number of aliphatic hydroxyl groups is 1. The maximum Gasteiger partial charge on any atom is 0.0902 e. The predicted molar refractivity (Wildman–Crippen MR) is 60.5 cm³/mol. The second-order valence-corrected chi connectivity index (χ2v) is 3.99. The molecule has 0 spiro atoms. The van der Waals surface area contributed by atoms with E-state index in [1.807, 2.05) is 31.2 Å². The highest BCUT2D eigenvalue weighted by Gasteiger charge is 2.20. The van der Waals surface area contributed by atoms with Crippen LogP contribution in [0.1, 0.15) is 25.8 Å². The predicted octanol–water partition coefficient (Wildman–Crippen LogP) is 3.51. The molecule has 0 aliphatic heterocycles. The second kappa shape index (κ2) is 4.63. The lowest BCUT2D eigenvalue weighted by atomic mass is 9.92. The molecule has 0 amide bonds. The van der Waals surface area contributed by atoms with E-state index in [1.54, 1.807) is 19.1 Å². The van der Waals surface area contributed by atoms with Crippen LogP contribution in [0.3, 0.4) is 0 Å². The van der Waals surface area contributed by atoms with Crippen LogP contribution in [0.4, 0.5) is 0 Å². The summed E-state index contributed by atoms with van der Waals surface area (Å²) in [5.41, 5.74) is 0.0805. The zero-order valence-electron chi connectivity index (χ0n) is 8.50. The Morgan fingerprint density at radius 2 is 1.93 bits per heavy atom. The lowest BCUT2D eigenvalue weighted by molar-refractivity contribution is 0.0605. The summed E-state index contributed by atoms with van der Waals surface area (Å²) in [5.74, 6) is 0. The molecular weight excluding hydrogens is 196 g/mol. The highest BCUT2D eigenvalue weighted by Crippen LogP contribution is 2.25. The van der Waals surface area contributed by atoms with Crippen LogP contribution in [0.2, 0.25) is 5.02 Å². The van der Waals surface area contributed by atoms with Crippen molar-refractivity contribution in [2.75, 3.05) is 0 Å². The van der Waals surface area contributed by atoms with E-state index in [0.717, 1.165) is 5.56 Å². The van der Waals surface area contributed by atoms with Gasteiger partial charge in [0, 0.05) is 5.02 Å². The largest absolute Gasteiger partial charge is 0.385 e. The fraction of sp³-hybridized carbons (Fsp3) is 0.333. The summed E-state index contributed by atoms with van der Waals surface area (Å²) in [6.45, 7) is 3.74. The number of halogens is 1. The van der Waals surface area contributed by atoms with Gasteiger partial charge in [-0.05, 0) is 38.0 Å². The van der Waals surface area contributed by atoms with Gasteiger partial charge in [0.05, 0.1) is 5.60 Å². The molecule has 0 aliphatic carbocycles. The molecule has 14 heavy (non-hydrogen) atoms. The summed E-state index contributed by atoms with van der Waals surface area (Å²) in [4.78, 5) is 0. The third-order valence-corrected chi connectivity index (χ3v) is 2.47. The Morgan fingerprint density at radius 1 is 1.36 bits per heavy atom. The third kappa shape index (κ3) is 2.86. The first-order valence-corrected chi connectivity index (χ1v) is 5.03. The first kappa shape index (κ1) is 11.3. The van der Waals surface area contributed by atoms with E-state index >= 15 is 0 Å². The van der Waals surface area contributed by atoms with Crippen LogP contribution in [0.5, 0.6) is 0 Å². The van der Waals surface area contributed by atoms with Crippen molar-refractivity contribution in [1.29, 1.82) is 0 Å². The molecule has 0 heterocycles. The first-order chi connectivity index (χ1) is 6.56. The van der Waals surface area contributed by atoms with E-state index in [0.29, 0.717) is 11.4 Å². The fourth-order valence-corrected chi connectivity index (χ4v) is 1.40. The molecule has 0 aliphatic rings. The number of hydrogen-bond donors (Lipinski definition) is 1. The SMILES string of the molecule is C/C=C/CC(C)(O)c1ccc(Cl)cc1. The van der Waals surface area contributed by atoms with Crippen LogP contribution in [0, 0.1) is 0 Å². The Hall–Kier alpha value is -0.790. The number of allylic oxidation sites excluding steroid dienone is 1. The van der Waals surface area contributed by atoms with Crippen LogP contribution in [-0.2, 0) is 5.60 Å². The van der Waals surface area contributed by atoms with Gasteiger partial charge in [0.1, 0.15) is 0 Å². The van der Waals surface area contributed by atoms with Crippen LogP contribution in [0.25, 0.3) is 0 Å². The minimum Gasteiger partial charge on any atom is -0.385 e. The molecular formula is C12H15ClO. The minimum atomic E-state index is -0.808. The quantitative estimate of drug-likeness (QED) is 0.757. The Balaban J connectivity index is 2.86. The molecule has 1 nitrogen and oxygen atoms in total. The van der Waals surface area contributed by atoms with Gasteiger partial charge in [-0.1, -0.05) is 35.9 Å². The van der Waals surface area contributed by atoms with Crippen LogP contribution in [0.15, 0.2) is 36.4 Å². The van der Waals surface area contributed by atoms with Gasteiger partial charge in [0.25, 0.3) is 0 Å². The Labute approximate surface area is 90.0 Å². The Bertz CT molecular complexity index is 312. The molecule has 1 rings (SSSR count). The maximum atomic E-state index is 10.1. The average Bonchev–Trinajstić information content (AvgIpc) is 2.16. The molecule has 76 valence electrons. The first-order valence-electron chi connectivity index (χ1n) is 4.66. The van der Waals surface area contributed by atoms with E-state index in [2.05, 4.69) is 0 Å². The van der Waals surface area contributed by atoms with E-state index in [9.17, 15) is 5.11 Å². The van der Waals surface area contributed by atoms with Gasteiger partial charge in [-0.2, -0.15) is 0 Å². The summed E-state index contributed by atoms with van der Waals surface area (Å²) in [6, 6.07) is 7.29. The van der Waals surface area contributed by atoms with E-state index in [1.165, 1.54) is 0 Å². The van der Waals surface area contributed by atoms with E-state index in [-0.39, 0.29) is 0 Å². The van der Waals surface area contributed by atoms with Crippen molar-refractivity contribution in [3.05, 3.63) is 47.0 Å². The van der Waals surface area contributed by atoms with E-state index < -0.39 is 5.60 Å². The smallest absolute Gasteiger partial charge is 0.0902 e. The van der Waals surface area contributed by atoms with Crippen molar-refractivity contribution in [3.8, 4) is 0 Å². The minimum absolute atomic E-state index is 0.616. The molecule has 0 radical (unpaired) electrons. The number of rotatable bonds is 3. The van der Waals surface area contributed by atoms with Gasteiger partial charge in [-0.25, -0.2) is 0 Å². The lowest BCUT2D eigenvalue weighted by Gasteiger charge is -2.22. The Morgan fingerprint density at radius 3 is 2.43 bits per heavy atom. The van der Waals surface area contributed by atoms with Gasteiger partial charge in [-0.15, -0.1) is 0 Å². The van der Waals surface area contributed by atoms with Crippen molar-refractivity contribution >= 4 is 11.6 Å². The normalized spacial score (nSPS) is 15.7. The highest BCUT2D eigenvalue weighted by molar-refractivity contribution is 6.30. The molecule has 0 fully saturated rings.